The Morgan fingerprint density at radius 2 is 1.94 bits per heavy atom. The van der Waals surface area contributed by atoms with Gasteiger partial charge in [0.15, 0.2) is 0 Å². The minimum absolute atomic E-state index is 0.706. The fourth-order valence-electron chi connectivity index (χ4n) is 2.72. The second-order valence-corrected chi connectivity index (χ2v) is 5.73. The van der Waals surface area contributed by atoms with Gasteiger partial charge in [-0.2, -0.15) is 0 Å². The maximum absolute atomic E-state index is 5.82. The topological polar surface area (TPSA) is 38.0 Å². The van der Waals surface area contributed by atoms with Crippen LogP contribution < -0.4 is 11.1 Å². The van der Waals surface area contributed by atoms with Crippen LogP contribution in [0.2, 0.25) is 0 Å². The molecule has 2 heteroatoms. The van der Waals surface area contributed by atoms with E-state index in [-0.39, 0.29) is 0 Å². The monoisotopic (exact) mass is 226 g/mol. The van der Waals surface area contributed by atoms with E-state index in [1.807, 2.05) is 0 Å². The summed E-state index contributed by atoms with van der Waals surface area (Å²) in [6.45, 7) is 6.66. The van der Waals surface area contributed by atoms with E-state index in [2.05, 4.69) is 19.2 Å². The summed E-state index contributed by atoms with van der Waals surface area (Å²) in [5.41, 5.74) is 5.82. The zero-order valence-electron chi connectivity index (χ0n) is 11.2. The molecule has 0 aromatic heterocycles. The van der Waals surface area contributed by atoms with Crippen molar-refractivity contribution in [3.63, 3.8) is 0 Å². The van der Waals surface area contributed by atoms with Crippen LogP contribution in [0.4, 0.5) is 0 Å². The number of nitrogens with two attached hydrogens (primary N) is 1. The van der Waals surface area contributed by atoms with Gasteiger partial charge in [0, 0.05) is 6.04 Å². The largest absolute Gasteiger partial charge is 0.330 e. The van der Waals surface area contributed by atoms with Crippen LogP contribution in [0.1, 0.15) is 58.8 Å². The Bertz CT molecular complexity index is 168. The summed E-state index contributed by atoms with van der Waals surface area (Å²) >= 11 is 0. The lowest BCUT2D eigenvalue weighted by Gasteiger charge is -2.31. The molecule has 0 amide bonds. The molecule has 1 rings (SSSR count). The van der Waals surface area contributed by atoms with Gasteiger partial charge in [0.05, 0.1) is 0 Å². The maximum atomic E-state index is 5.82. The average Bonchev–Trinajstić information content (AvgIpc) is 2.29. The molecule has 0 aromatic rings. The third kappa shape index (κ3) is 5.31. The third-order valence-electron chi connectivity index (χ3n) is 3.83. The first-order valence-corrected chi connectivity index (χ1v) is 7.17. The van der Waals surface area contributed by atoms with Gasteiger partial charge in [0.1, 0.15) is 0 Å². The molecule has 1 saturated carbocycles. The zero-order valence-corrected chi connectivity index (χ0v) is 11.2. The molecular weight excluding hydrogens is 196 g/mol. The first-order chi connectivity index (χ1) is 7.74. The molecule has 0 aromatic carbocycles. The lowest BCUT2D eigenvalue weighted by atomic mass is 9.84. The summed E-state index contributed by atoms with van der Waals surface area (Å²) in [5.74, 6) is 1.59. The SMILES string of the molecule is CC(C)CCCCNC1CCCCC1CN. The van der Waals surface area contributed by atoms with Crippen molar-refractivity contribution in [3.05, 3.63) is 0 Å². The Hall–Kier alpha value is -0.0800. The van der Waals surface area contributed by atoms with E-state index >= 15 is 0 Å². The summed E-state index contributed by atoms with van der Waals surface area (Å²) in [7, 11) is 0. The van der Waals surface area contributed by atoms with Crippen molar-refractivity contribution in [2.75, 3.05) is 13.1 Å². The van der Waals surface area contributed by atoms with E-state index in [0.29, 0.717) is 6.04 Å². The molecule has 0 aliphatic heterocycles. The molecule has 0 heterocycles. The van der Waals surface area contributed by atoms with Gasteiger partial charge in [0.2, 0.25) is 0 Å². The quantitative estimate of drug-likeness (QED) is 0.655. The first kappa shape index (κ1) is 14.0. The lowest BCUT2D eigenvalue weighted by molar-refractivity contribution is 0.267. The highest BCUT2D eigenvalue weighted by atomic mass is 14.9. The molecule has 1 aliphatic carbocycles. The molecule has 2 nitrogen and oxygen atoms in total. The summed E-state index contributed by atoms with van der Waals surface area (Å²) in [4.78, 5) is 0. The molecule has 1 fully saturated rings. The average molecular weight is 226 g/mol. The van der Waals surface area contributed by atoms with Crippen molar-refractivity contribution in [2.45, 2.75) is 64.8 Å². The summed E-state index contributed by atoms with van der Waals surface area (Å²) in [5, 5.41) is 3.72. The standard InChI is InChI=1S/C14H30N2/c1-12(2)7-5-6-10-16-14-9-4-3-8-13(14)11-15/h12-14,16H,3-11,15H2,1-2H3. The molecule has 3 N–H and O–H groups in total. The van der Waals surface area contributed by atoms with E-state index in [0.717, 1.165) is 18.4 Å². The Balaban J connectivity index is 2.06. The van der Waals surface area contributed by atoms with Crippen molar-refractivity contribution >= 4 is 0 Å². The summed E-state index contributed by atoms with van der Waals surface area (Å²) in [6, 6.07) is 0.706. The molecule has 0 spiro atoms. The van der Waals surface area contributed by atoms with Crippen LogP contribution in [-0.2, 0) is 0 Å². The molecule has 0 saturated heterocycles. The van der Waals surface area contributed by atoms with Gasteiger partial charge in [-0.05, 0) is 44.2 Å². The smallest absolute Gasteiger partial charge is 0.0107 e. The Labute approximate surface area is 101 Å². The first-order valence-electron chi connectivity index (χ1n) is 7.17. The van der Waals surface area contributed by atoms with E-state index in [9.17, 15) is 0 Å². The minimum atomic E-state index is 0.706. The van der Waals surface area contributed by atoms with E-state index < -0.39 is 0 Å². The fourth-order valence-corrected chi connectivity index (χ4v) is 2.72. The van der Waals surface area contributed by atoms with Gasteiger partial charge in [-0.15, -0.1) is 0 Å². The number of hydrogen-bond donors (Lipinski definition) is 2. The second kappa shape index (κ2) is 8.08. The normalized spacial score (nSPS) is 26.2. The molecule has 16 heavy (non-hydrogen) atoms. The number of rotatable bonds is 7. The molecule has 1 aliphatic rings. The maximum Gasteiger partial charge on any atom is 0.0107 e. The van der Waals surface area contributed by atoms with Crippen LogP contribution >= 0.6 is 0 Å². The Kier molecular flexibility index (Phi) is 7.06. The van der Waals surface area contributed by atoms with E-state index in [1.54, 1.807) is 0 Å². The van der Waals surface area contributed by atoms with Crippen molar-refractivity contribution in [2.24, 2.45) is 17.6 Å². The van der Waals surface area contributed by atoms with E-state index in [1.165, 1.54) is 51.5 Å². The highest BCUT2D eigenvalue weighted by Gasteiger charge is 2.22. The third-order valence-corrected chi connectivity index (χ3v) is 3.83. The molecule has 0 radical (unpaired) electrons. The van der Waals surface area contributed by atoms with Gasteiger partial charge in [0.25, 0.3) is 0 Å². The lowest BCUT2D eigenvalue weighted by Crippen LogP contribution is -2.42. The van der Waals surface area contributed by atoms with Crippen molar-refractivity contribution in [1.82, 2.24) is 5.32 Å². The summed E-state index contributed by atoms with van der Waals surface area (Å²) < 4.78 is 0. The number of hydrogen-bond acceptors (Lipinski definition) is 2. The predicted octanol–water partition coefficient (Wildman–Crippen LogP) is 2.92. The van der Waals surface area contributed by atoms with Crippen LogP contribution in [0, 0.1) is 11.8 Å². The van der Waals surface area contributed by atoms with Crippen LogP contribution in [0.15, 0.2) is 0 Å². The van der Waals surface area contributed by atoms with Crippen LogP contribution in [0.25, 0.3) is 0 Å². The van der Waals surface area contributed by atoms with Gasteiger partial charge < -0.3 is 11.1 Å². The fraction of sp³-hybridized carbons (Fsp3) is 1.00. The van der Waals surface area contributed by atoms with Gasteiger partial charge in [-0.1, -0.05) is 39.5 Å². The van der Waals surface area contributed by atoms with Gasteiger partial charge in [-0.25, -0.2) is 0 Å². The Morgan fingerprint density at radius 3 is 2.62 bits per heavy atom. The second-order valence-electron chi connectivity index (χ2n) is 5.73. The molecular formula is C14H30N2. The predicted molar refractivity (Wildman–Crippen MR) is 71.5 cm³/mol. The number of nitrogens with one attached hydrogen (secondary N) is 1. The molecule has 96 valence electrons. The zero-order chi connectivity index (χ0) is 11.8. The highest BCUT2D eigenvalue weighted by molar-refractivity contribution is 4.81. The number of unbranched alkanes of at least 4 members (excludes halogenated alkanes) is 1. The van der Waals surface area contributed by atoms with Crippen LogP contribution in [0.5, 0.6) is 0 Å². The van der Waals surface area contributed by atoms with Crippen molar-refractivity contribution < 1.29 is 0 Å². The minimum Gasteiger partial charge on any atom is -0.330 e. The van der Waals surface area contributed by atoms with Gasteiger partial charge in [-0.3, -0.25) is 0 Å². The van der Waals surface area contributed by atoms with Crippen LogP contribution in [0.3, 0.4) is 0 Å². The van der Waals surface area contributed by atoms with Gasteiger partial charge >= 0.3 is 0 Å². The molecule has 0 bridgehead atoms. The summed E-state index contributed by atoms with van der Waals surface area (Å²) in [6.07, 6.45) is 9.50. The highest BCUT2D eigenvalue weighted by Crippen LogP contribution is 2.23. The van der Waals surface area contributed by atoms with Crippen molar-refractivity contribution in [1.29, 1.82) is 0 Å². The molecule has 2 unspecified atom stereocenters. The Morgan fingerprint density at radius 1 is 1.19 bits per heavy atom. The van der Waals surface area contributed by atoms with E-state index in [4.69, 9.17) is 5.73 Å². The van der Waals surface area contributed by atoms with Crippen LogP contribution in [-0.4, -0.2) is 19.1 Å². The van der Waals surface area contributed by atoms with Crippen molar-refractivity contribution in [3.8, 4) is 0 Å². The molecule has 2 atom stereocenters.